The van der Waals surface area contributed by atoms with Crippen LogP contribution in [0.15, 0.2) is 23.5 Å². The second kappa shape index (κ2) is 4.61. The molecule has 5 heteroatoms. The first kappa shape index (κ1) is 11.7. The lowest BCUT2D eigenvalue weighted by molar-refractivity contribution is 0.318. The summed E-state index contributed by atoms with van der Waals surface area (Å²) < 4.78 is 0. The van der Waals surface area contributed by atoms with E-state index in [-0.39, 0.29) is 5.84 Å². The second-order valence-electron chi connectivity index (χ2n) is 4.58. The summed E-state index contributed by atoms with van der Waals surface area (Å²) in [5, 5.41) is 11.5. The molecule has 17 heavy (non-hydrogen) atoms. The third kappa shape index (κ3) is 2.49. The molecule has 1 atom stereocenters. The molecule has 0 saturated heterocycles. The van der Waals surface area contributed by atoms with Crippen LogP contribution < -0.4 is 10.6 Å². The molecule has 1 heterocycles. The molecular formula is C12H18N4O. The zero-order valence-electron chi connectivity index (χ0n) is 10.2. The monoisotopic (exact) mass is 234 g/mol. The van der Waals surface area contributed by atoms with Crippen molar-refractivity contribution in [3.8, 4) is 0 Å². The molecule has 0 bridgehead atoms. The zero-order valence-corrected chi connectivity index (χ0v) is 10.2. The molecule has 92 valence electrons. The Hall–Kier alpha value is -1.78. The van der Waals surface area contributed by atoms with Crippen molar-refractivity contribution in [2.24, 2.45) is 16.8 Å². The van der Waals surface area contributed by atoms with Crippen molar-refractivity contribution < 1.29 is 5.21 Å². The Morgan fingerprint density at radius 2 is 2.29 bits per heavy atom. The second-order valence-corrected chi connectivity index (χ2v) is 4.58. The number of amidine groups is 1. The van der Waals surface area contributed by atoms with Crippen molar-refractivity contribution in [3.63, 3.8) is 0 Å². The molecular weight excluding hydrogens is 216 g/mol. The SMILES string of the molecule is CC(C1CC1)N(C)c1ccc(/C(N)=N/O)cn1. The van der Waals surface area contributed by atoms with E-state index in [2.05, 4.69) is 29.0 Å². The summed E-state index contributed by atoms with van der Waals surface area (Å²) in [6.45, 7) is 2.22. The summed E-state index contributed by atoms with van der Waals surface area (Å²) in [5.41, 5.74) is 6.11. The minimum atomic E-state index is 0.0851. The number of nitrogens with two attached hydrogens (primary N) is 1. The van der Waals surface area contributed by atoms with Gasteiger partial charge in [0.1, 0.15) is 5.82 Å². The van der Waals surface area contributed by atoms with E-state index in [1.807, 2.05) is 12.1 Å². The molecule has 1 unspecified atom stereocenters. The van der Waals surface area contributed by atoms with Gasteiger partial charge in [0, 0.05) is 24.8 Å². The molecule has 1 aromatic heterocycles. The van der Waals surface area contributed by atoms with Crippen molar-refractivity contribution >= 4 is 11.7 Å². The third-order valence-electron chi connectivity index (χ3n) is 3.43. The third-order valence-corrected chi connectivity index (χ3v) is 3.43. The first-order valence-corrected chi connectivity index (χ1v) is 5.80. The van der Waals surface area contributed by atoms with Gasteiger partial charge in [0.05, 0.1) is 0 Å². The minimum Gasteiger partial charge on any atom is -0.409 e. The molecule has 5 nitrogen and oxygen atoms in total. The lowest BCUT2D eigenvalue weighted by Crippen LogP contribution is -2.31. The Morgan fingerprint density at radius 1 is 1.59 bits per heavy atom. The fourth-order valence-corrected chi connectivity index (χ4v) is 1.91. The average Bonchev–Trinajstić information content (AvgIpc) is 3.20. The van der Waals surface area contributed by atoms with E-state index < -0.39 is 0 Å². The zero-order chi connectivity index (χ0) is 12.4. The van der Waals surface area contributed by atoms with E-state index in [0.29, 0.717) is 11.6 Å². The van der Waals surface area contributed by atoms with Crippen LogP contribution in [-0.2, 0) is 0 Å². The van der Waals surface area contributed by atoms with Crippen LogP contribution in [-0.4, -0.2) is 29.1 Å². The molecule has 1 aromatic rings. The van der Waals surface area contributed by atoms with E-state index in [1.54, 1.807) is 6.20 Å². The summed E-state index contributed by atoms with van der Waals surface area (Å²) >= 11 is 0. The summed E-state index contributed by atoms with van der Waals surface area (Å²) in [6, 6.07) is 4.22. The van der Waals surface area contributed by atoms with E-state index in [9.17, 15) is 0 Å². The molecule has 1 aliphatic carbocycles. The molecule has 1 saturated carbocycles. The van der Waals surface area contributed by atoms with Crippen LogP contribution in [0.2, 0.25) is 0 Å². The molecule has 0 aromatic carbocycles. The van der Waals surface area contributed by atoms with Crippen LogP contribution in [0.3, 0.4) is 0 Å². The predicted octanol–water partition coefficient (Wildman–Crippen LogP) is 1.41. The number of hydrogen-bond donors (Lipinski definition) is 2. The number of pyridine rings is 1. The van der Waals surface area contributed by atoms with Gasteiger partial charge >= 0.3 is 0 Å². The Morgan fingerprint density at radius 3 is 2.76 bits per heavy atom. The van der Waals surface area contributed by atoms with E-state index >= 15 is 0 Å². The van der Waals surface area contributed by atoms with Gasteiger partial charge in [-0.15, -0.1) is 0 Å². The van der Waals surface area contributed by atoms with Crippen molar-refractivity contribution in [1.29, 1.82) is 0 Å². The van der Waals surface area contributed by atoms with E-state index in [4.69, 9.17) is 10.9 Å². The molecule has 0 amide bonds. The van der Waals surface area contributed by atoms with Crippen LogP contribution in [0.5, 0.6) is 0 Å². The van der Waals surface area contributed by atoms with Gasteiger partial charge in [-0.2, -0.15) is 0 Å². The highest BCUT2D eigenvalue weighted by Crippen LogP contribution is 2.35. The van der Waals surface area contributed by atoms with Gasteiger partial charge in [-0.05, 0) is 37.8 Å². The molecule has 0 radical (unpaired) electrons. The van der Waals surface area contributed by atoms with Gasteiger partial charge in [0.2, 0.25) is 0 Å². The highest BCUT2D eigenvalue weighted by molar-refractivity contribution is 5.96. The Bertz CT molecular complexity index is 411. The van der Waals surface area contributed by atoms with Crippen LogP contribution in [0.1, 0.15) is 25.3 Å². The fourth-order valence-electron chi connectivity index (χ4n) is 1.91. The minimum absolute atomic E-state index is 0.0851. The van der Waals surface area contributed by atoms with Crippen LogP contribution in [0.4, 0.5) is 5.82 Å². The van der Waals surface area contributed by atoms with Crippen LogP contribution >= 0.6 is 0 Å². The standard InChI is InChI=1S/C12H18N4O/c1-8(9-3-4-9)16(2)11-6-5-10(7-14-11)12(13)15-17/h5-9,17H,3-4H2,1-2H3,(H2,13,15). The lowest BCUT2D eigenvalue weighted by atomic mass is 10.2. The molecule has 0 spiro atoms. The van der Waals surface area contributed by atoms with Gasteiger partial charge in [0.15, 0.2) is 5.84 Å². The maximum absolute atomic E-state index is 8.56. The van der Waals surface area contributed by atoms with E-state index in [0.717, 1.165) is 11.7 Å². The summed E-state index contributed by atoms with van der Waals surface area (Å²) in [5.74, 6) is 1.80. The quantitative estimate of drug-likeness (QED) is 0.357. The summed E-state index contributed by atoms with van der Waals surface area (Å²) in [7, 11) is 2.05. The average molecular weight is 234 g/mol. The molecule has 3 N–H and O–H groups in total. The van der Waals surface area contributed by atoms with Gasteiger partial charge < -0.3 is 15.8 Å². The first-order chi connectivity index (χ1) is 8.13. The largest absolute Gasteiger partial charge is 0.409 e. The number of aromatic nitrogens is 1. The van der Waals surface area contributed by atoms with Crippen LogP contribution in [0, 0.1) is 5.92 Å². The lowest BCUT2D eigenvalue weighted by Gasteiger charge is -2.25. The fraction of sp³-hybridized carbons (Fsp3) is 0.500. The summed E-state index contributed by atoms with van der Waals surface area (Å²) in [6.07, 6.45) is 4.25. The Kier molecular flexibility index (Phi) is 3.17. The topological polar surface area (TPSA) is 74.7 Å². The summed E-state index contributed by atoms with van der Waals surface area (Å²) in [4.78, 5) is 6.51. The molecule has 1 fully saturated rings. The number of anilines is 1. The van der Waals surface area contributed by atoms with Crippen molar-refractivity contribution in [3.05, 3.63) is 23.9 Å². The van der Waals surface area contributed by atoms with Crippen molar-refractivity contribution in [2.45, 2.75) is 25.8 Å². The van der Waals surface area contributed by atoms with Crippen LogP contribution in [0.25, 0.3) is 0 Å². The Balaban J connectivity index is 2.11. The highest BCUT2D eigenvalue weighted by atomic mass is 16.4. The highest BCUT2D eigenvalue weighted by Gasteiger charge is 2.30. The smallest absolute Gasteiger partial charge is 0.171 e. The molecule has 1 aliphatic rings. The first-order valence-electron chi connectivity index (χ1n) is 5.80. The van der Waals surface area contributed by atoms with Gasteiger partial charge in [-0.25, -0.2) is 4.98 Å². The van der Waals surface area contributed by atoms with Gasteiger partial charge in [0.25, 0.3) is 0 Å². The number of nitrogens with zero attached hydrogens (tertiary/aromatic N) is 3. The number of oxime groups is 1. The van der Waals surface area contributed by atoms with Crippen molar-refractivity contribution in [1.82, 2.24) is 4.98 Å². The van der Waals surface area contributed by atoms with Gasteiger partial charge in [-0.1, -0.05) is 5.16 Å². The van der Waals surface area contributed by atoms with E-state index in [1.165, 1.54) is 12.8 Å². The molecule has 2 rings (SSSR count). The van der Waals surface area contributed by atoms with Crippen molar-refractivity contribution in [2.75, 3.05) is 11.9 Å². The number of rotatable bonds is 4. The Labute approximate surface area is 101 Å². The maximum Gasteiger partial charge on any atom is 0.171 e. The number of hydrogen-bond acceptors (Lipinski definition) is 4. The predicted molar refractivity (Wildman–Crippen MR) is 67.3 cm³/mol. The van der Waals surface area contributed by atoms with Gasteiger partial charge in [-0.3, -0.25) is 0 Å². The maximum atomic E-state index is 8.56. The molecule has 0 aliphatic heterocycles. The normalized spacial score (nSPS) is 17.9.